The van der Waals surface area contributed by atoms with Gasteiger partial charge < -0.3 is 5.32 Å². The van der Waals surface area contributed by atoms with Crippen LogP contribution in [0.4, 0.5) is 0 Å². The van der Waals surface area contributed by atoms with E-state index in [-0.39, 0.29) is 5.91 Å². The molecule has 0 saturated carbocycles. The van der Waals surface area contributed by atoms with Gasteiger partial charge >= 0.3 is 0 Å². The van der Waals surface area contributed by atoms with Crippen LogP contribution in [-0.4, -0.2) is 17.1 Å². The number of hydrogen-bond acceptors (Lipinski definition) is 4. The third-order valence-electron chi connectivity index (χ3n) is 2.46. The minimum Gasteiger partial charge on any atom is -0.349 e. The number of nitrogens with zero attached hydrogens (tertiary/aromatic N) is 1. The molecular formula is C13H14N2OS2. The highest BCUT2D eigenvalue weighted by Crippen LogP contribution is 2.20. The van der Waals surface area contributed by atoms with E-state index in [1.807, 2.05) is 35.9 Å². The Morgan fingerprint density at radius 2 is 2.28 bits per heavy atom. The molecular weight excluding hydrogens is 264 g/mol. The van der Waals surface area contributed by atoms with Crippen LogP contribution in [-0.2, 0) is 17.8 Å². The summed E-state index contributed by atoms with van der Waals surface area (Å²) < 4.78 is 0. The Morgan fingerprint density at radius 1 is 1.44 bits per heavy atom. The minimum atomic E-state index is 0.0340. The number of amides is 1. The highest BCUT2D eigenvalue weighted by Gasteiger charge is 2.07. The molecule has 0 fully saturated rings. The maximum absolute atomic E-state index is 11.8. The molecule has 2 aromatic rings. The van der Waals surface area contributed by atoms with Crippen molar-refractivity contribution in [2.45, 2.75) is 17.9 Å². The zero-order valence-electron chi connectivity index (χ0n) is 10.1. The van der Waals surface area contributed by atoms with Gasteiger partial charge in [0.05, 0.1) is 13.0 Å². The van der Waals surface area contributed by atoms with Crippen LogP contribution in [0.3, 0.4) is 0 Å². The maximum atomic E-state index is 11.8. The summed E-state index contributed by atoms with van der Waals surface area (Å²) >= 11 is 3.21. The predicted octanol–water partition coefficient (Wildman–Crippen LogP) is 2.72. The monoisotopic (exact) mass is 278 g/mol. The zero-order chi connectivity index (χ0) is 12.8. The van der Waals surface area contributed by atoms with Crippen LogP contribution < -0.4 is 5.32 Å². The Hall–Kier alpha value is -1.33. The lowest BCUT2D eigenvalue weighted by atomic mass is 10.1. The van der Waals surface area contributed by atoms with Crippen molar-refractivity contribution in [3.8, 4) is 0 Å². The van der Waals surface area contributed by atoms with Gasteiger partial charge in [0.15, 0.2) is 0 Å². The molecule has 0 spiro atoms. The molecule has 0 atom stereocenters. The fraction of sp³-hybridized carbons (Fsp3) is 0.231. The van der Waals surface area contributed by atoms with E-state index < -0.39 is 0 Å². The smallest absolute Gasteiger partial charge is 0.224 e. The molecule has 1 aromatic heterocycles. The standard InChI is InChI=1S/C13H14N2OS2/c1-17-11-5-3-2-4-10(11)8-12(16)15-9-13-14-6-7-18-13/h2-7H,8-9H2,1H3,(H,15,16). The van der Waals surface area contributed by atoms with Gasteiger partial charge in [-0.1, -0.05) is 18.2 Å². The number of nitrogens with one attached hydrogen (secondary N) is 1. The van der Waals surface area contributed by atoms with E-state index in [0.717, 1.165) is 15.5 Å². The topological polar surface area (TPSA) is 42.0 Å². The van der Waals surface area contributed by atoms with Gasteiger partial charge in [0.2, 0.25) is 5.91 Å². The normalized spacial score (nSPS) is 10.3. The van der Waals surface area contributed by atoms with E-state index in [9.17, 15) is 4.79 Å². The number of rotatable bonds is 5. The second kappa shape index (κ2) is 6.56. The van der Waals surface area contributed by atoms with Crippen molar-refractivity contribution in [1.29, 1.82) is 0 Å². The molecule has 0 bridgehead atoms. The van der Waals surface area contributed by atoms with Crippen molar-refractivity contribution in [3.05, 3.63) is 46.4 Å². The molecule has 0 aliphatic heterocycles. The summed E-state index contributed by atoms with van der Waals surface area (Å²) in [4.78, 5) is 17.1. The van der Waals surface area contributed by atoms with Crippen LogP contribution in [0.15, 0.2) is 40.7 Å². The summed E-state index contributed by atoms with van der Waals surface area (Å²) in [6.45, 7) is 0.512. The molecule has 0 aliphatic rings. The van der Waals surface area contributed by atoms with Gasteiger partial charge in [-0.15, -0.1) is 23.1 Å². The quantitative estimate of drug-likeness (QED) is 0.855. The van der Waals surface area contributed by atoms with Gasteiger partial charge in [-0.3, -0.25) is 4.79 Å². The summed E-state index contributed by atoms with van der Waals surface area (Å²) in [5.74, 6) is 0.0340. The number of thioether (sulfide) groups is 1. The van der Waals surface area contributed by atoms with Gasteiger partial charge in [-0.05, 0) is 17.9 Å². The second-order valence-electron chi connectivity index (χ2n) is 3.69. The number of carbonyl (C=O) groups is 1. The van der Waals surface area contributed by atoms with Crippen molar-refractivity contribution in [3.63, 3.8) is 0 Å². The second-order valence-corrected chi connectivity index (χ2v) is 5.52. The highest BCUT2D eigenvalue weighted by molar-refractivity contribution is 7.98. The van der Waals surface area contributed by atoms with Gasteiger partial charge in [0.25, 0.3) is 0 Å². The van der Waals surface area contributed by atoms with Crippen LogP contribution in [0.25, 0.3) is 0 Å². The minimum absolute atomic E-state index is 0.0340. The number of carbonyl (C=O) groups excluding carboxylic acids is 1. The molecule has 0 aliphatic carbocycles. The summed E-state index contributed by atoms with van der Waals surface area (Å²) in [5.41, 5.74) is 1.07. The fourth-order valence-electron chi connectivity index (χ4n) is 1.60. The van der Waals surface area contributed by atoms with Crippen LogP contribution >= 0.6 is 23.1 Å². The van der Waals surface area contributed by atoms with E-state index in [1.54, 1.807) is 29.3 Å². The van der Waals surface area contributed by atoms with Crippen molar-refractivity contribution >= 4 is 29.0 Å². The van der Waals surface area contributed by atoms with Crippen LogP contribution in [0.2, 0.25) is 0 Å². The number of benzene rings is 1. The van der Waals surface area contributed by atoms with Crippen LogP contribution in [0.1, 0.15) is 10.6 Å². The molecule has 94 valence electrons. The molecule has 5 heteroatoms. The first-order valence-electron chi connectivity index (χ1n) is 5.56. The van der Waals surface area contributed by atoms with Crippen molar-refractivity contribution in [2.75, 3.05) is 6.26 Å². The number of thiazole rings is 1. The van der Waals surface area contributed by atoms with Crippen molar-refractivity contribution in [1.82, 2.24) is 10.3 Å². The SMILES string of the molecule is CSc1ccccc1CC(=O)NCc1nccs1. The van der Waals surface area contributed by atoms with Gasteiger partial charge in [0.1, 0.15) is 5.01 Å². The summed E-state index contributed by atoms with van der Waals surface area (Å²) in [7, 11) is 0. The molecule has 1 aromatic carbocycles. The first kappa shape index (κ1) is 13.1. The lowest BCUT2D eigenvalue weighted by Gasteiger charge is -2.07. The predicted molar refractivity (Wildman–Crippen MR) is 75.9 cm³/mol. The molecule has 2 rings (SSSR count). The summed E-state index contributed by atoms with van der Waals surface area (Å²) in [6.07, 6.45) is 4.18. The average Bonchev–Trinajstić information content (AvgIpc) is 2.90. The molecule has 1 heterocycles. The Bertz CT molecular complexity index is 511. The third kappa shape index (κ3) is 3.58. The molecule has 1 amide bonds. The molecule has 0 radical (unpaired) electrons. The first-order chi connectivity index (χ1) is 8.79. The number of hydrogen-bond donors (Lipinski definition) is 1. The Balaban J connectivity index is 1.90. The van der Waals surface area contributed by atoms with Crippen molar-refractivity contribution in [2.24, 2.45) is 0 Å². The molecule has 3 nitrogen and oxygen atoms in total. The van der Waals surface area contributed by atoms with E-state index in [0.29, 0.717) is 13.0 Å². The van der Waals surface area contributed by atoms with Gasteiger partial charge in [-0.2, -0.15) is 0 Å². The highest BCUT2D eigenvalue weighted by atomic mass is 32.2. The maximum Gasteiger partial charge on any atom is 0.224 e. The van der Waals surface area contributed by atoms with E-state index in [1.165, 1.54) is 0 Å². The molecule has 18 heavy (non-hydrogen) atoms. The summed E-state index contributed by atoms with van der Waals surface area (Å²) in [5, 5.41) is 5.72. The number of aromatic nitrogens is 1. The summed E-state index contributed by atoms with van der Waals surface area (Å²) in [6, 6.07) is 7.98. The van der Waals surface area contributed by atoms with Crippen LogP contribution in [0.5, 0.6) is 0 Å². The average molecular weight is 278 g/mol. The van der Waals surface area contributed by atoms with Gasteiger partial charge in [0, 0.05) is 16.5 Å². The lowest BCUT2D eigenvalue weighted by molar-refractivity contribution is -0.120. The first-order valence-corrected chi connectivity index (χ1v) is 7.67. The van der Waals surface area contributed by atoms with E-state index in [4.69, 9.17) is 0 Å². The lowest BCUT2D eigenvalue weighted by Crippen LogP contribution is -2.24. The molecule has 1 N–H and O–H groups in total. The van der Waals surface area contributed by atoms with Crippen molar-refractivity contribution < 1.29 is 4.79 Å². The van der Waals surface area contributed by atoms with Crippen LogP contribution in [0, 0.1) is 0 Å². The largest absolute Gasteiger partial charge is 0.349 e. The molecule has 0 unspecified atom stereocenters. The Labute approximate surface area is 115 Å². The Kier molecular flexibility index (Phi) is 4.78. The van der Waals surface area contributed by atoms with E-state index >= 15 is 0 Å². The van der Waals surface area contributed by atoms with Gasteiger partial charge in [-0.25, -0.2) is 4.98 Å². The molecule has 0 saturated heterocycles. The zero-order valence-corrected chi connectivity index (χ0v) is 11.7. The van der Waals surface area contributed by atoms with E-state index in [2.05, 4.69) is 10.3 Å². The third-order valence-corrected chi connectivity index (χ3v) is 4.08. The Morgan fingerprint density at radius 3 is 3.00 bits per heavy atom. The fourth-order valence-corrected chi connectivity index (χ4v) is 2.77.